The number of alkyl halides is 2. The average Bonchev–Trinajstić information content (AvgIpc) is 2.75. The van der Waals surface area contributed by atoms with Crippen molar-refractivity contribution in [2.75, 3.05) is 0 Å². The smallest absolute Gasteiger partial charge is 0.286 e. The molecule has 0 bridgehead atoms. The largest absolute Gasteiger partial charge is 0.349 e. The van der Waals surface area contributed by atoms with Gasteiger partial charge in [-0.2, -0.15) is 8.78 Å². The van der Waals surface area contributed by atoms with Crippen LogP contribution in [0.2, 0.25) is 5.15 Å². The Morgan fingerprint density at radius 3 is 2.76 bits per heavy atom. The van der Waals surface area contributed by atoms with Crippen molar-refractivity contribution in [3.63, 3.8) is 0 Å². The number of hydrogen-bond donors (Lipinski definition) is 0. The Balaban J connectivity index is 2.23. The first-order valence-electron chi connectivity index (χ1n) is 6.32. The van der Waals surface area contributed by atoms with Crippen LogP contribution in [0.15, 0.2) is 36.7 Å². The monoisotopic (exact) mass is 307 g/mol. The molecule has 0 spiro atoms. The van der Waals surface area contributed by atoms with Gasteiger partial charge < -0.3 is 4.57 Å². The minimum atomic E-state index is -2.97. The molecule has 21 heavy (non-hydrogen) atoms. The predicted octanol–water partition coefficient (Wildman–Crippen LogP) is 4.40. The summed E-state index contributed by atoms with van der Waals surface area (Å²) in [4.78, 5) is 8.12. The molecule has 0 aliphatic heterocycles. The van der Waals surface area contributed by atoms with E-state index in [-0.39, 0.29) is 5.69 Å². The Morgan fingerprint density at radius 1 is 1.29 bits per heavy atom. The number of aryl methyl sites for hydroxylation is 1. The third-order valence-electron chi connectivity index (χ3n) is 3.32. The van der Waals surface area contributed by atoms with Gasteiger partial charge in [0.15, 0.2) is 0 Å². The molecule has 0 N–H and O–H groups in total. The molecule has 3 nitrogen and oxygen atoms in total. The normalized spacial score (nSPS) is 12.0. The second kappa shape index (κ2) is 4.77. The lowest BCUT2D eigenvalue weighted by atomic mass is 10.1. The van der Waals surface area contributed by atoms with E-state index in [1.807, 2.05) is 17.8 Å². The van der Waals surface area contributed by atoms with Gasteiger partial charge in [-0.25, -0.2) is 9.97 Å². The average molecular weight is 308 g/mol. The molecule has 3 rings (SSSR count). The third-order valence-corrected chi connectivity index (χ3v) is 3.52. The van der Waals surface area contributed by atoms with E-state index in [9.17, 15) is 8.78 Å². The Morgan fingerprint density at radius 2 is 2.05 bits per heavy atom. The van der Waals surface area contributed by atoms with E-state index < -0.39 is 5.92 Å². The third kappa shape index (κ3) is 2.49. The molecule has 0 radical (unpaired) electrons. The van der Waals surface area contributed by atoms with Crippen molar-refractivity contribution in [2.45, 2.75) is 12.8 Å². The van der Waals surface area contributed by atoms with Crippen molar-refractivity contribution in [1.29, 1.82) is 0 Å². The molecule has 0 unspecified atom stereocenters. The molecule has 0 atom stereocenters. The summed E-state index contributed by atoms with van der Waals surface area (Å²) in [7, 11) is 1.86. The summed E-state index contributed by atoms with van der Waals surface area (Å²) in [5.74, 6) is -2.97. The molecule has 0 aromatic carbocycles. The highest BCUT2D eigenvalue weighted by Crippen LogP contribution is 2.32. The van der Waals surface area contributed by atoms with E-state index >= 15 is 0 Å². The van der Waals surface area contributed by atoms with Gasteiger partial charge in [-0.3, -0.25) is 0 Å². The van der Waals surface area contributed by atoms with E-state index in [2.05, 4.69) is 9.97 Å². The summed E-state index contributed by atoms with van der Waals surface area (Å²) in [6, 6.07) is 6.32. The summed E-state index contributed by atoms with van der Waals surface area (Å²) in [5.41, 5.74) is 1.85. The maximum absolute atomic E-state index is 13.4. The quantitative estimate of drug-likeness (QED) is 0.657. The van der Waals surface area contributed by atoms with Crippen LogP contribution in [0.1, 0.15) is 12.6 Å². The van der Waals surface area contributed by atoms with Crippen molar-refractivity contribution in [3.8, 4) is 11.3 Å². The van der Waals surface area contributed by atoms with Gasteiger partial charge in [0.1, 0.15) is 10.8 Å². The first kappa shape index (κ1) is 13.9. The molecule has 0 fully saturated rings. The Kier molecular flexibility index (Phi) is 3.17. The topological polar surface area (TPSA) is 30.7 Å². The van der Waals surface area contributed by atoms with E-state index in [0.29, 0.717) is 10.8 Å². The van der Waals surface area contributed by atoms with E-state index in [4.69, 9.17) is 11.6 Å². The van der Waals surface area contributed by atoms with Crippen LogP contribution in [0.25, 0.3) is 22.2 Å². The first-order chi connectivity index (χ1) is 9.86. The molecule has 3 aromatic heterocycles. The number of aromatic nitrogens is 3. The lowest BCUT2D eigenvalue weighted by Gasteiger charge is -2.10. The van der Waals surface area contributed by atoms with E-state index in [0.717, 1.165) is 23.4 Å². The summed E-state index contributed by atoms with van der Waals surface area (Å²) in [6.45, 7) is 0.836. The fraction of sp³-hybridized carbons (Fsp3) is 0.200. The Labute approximate surface area is 125 Å². The maximum atomic E-state index is 13.4. The van der Waals surface area contributed by atoms with Crippen LogP contribution in [0, 0.1) is 0 Å². The number of nitrogens with zero attached hydrogens (tertiary/aromatic N) is 3. The minimum absolute atomic E-state index is 0.253. The summed E-state index contributed by atoms with van der Waals surface area (Å²) in [6.07, 6.45) is 3.49. The molecule has 3 heterocycles. The Bertz CT molecular complexity index is 821. The van der Waals surface area contributed by atoms with Crippen molar-refractivity contribution in [3.05, 3.63) is 47.5 Å². The first-order valence-corrected chi connectivity index (χ1v) is 6.70. The molecule has 0 aliphatic carbocycles. The molecule has 0 amide bonds. The van der Waals surface area contributed by atoms with Crippen LogP contribution >= 0.6 is 11.6 Å². The maximum Gasteiger partial charge on any atom is 0.286 e. The molecule has 6 heteroatoms. The van der Waals surface area contributed by atoms with Gasteiger partial charge in [0, 0.05) is 31.1 Å². The zero-order chi connectivity index (χ0) is 15.2. The summed E-state index contributed by atoms with van der Waals surface area (Å²) < 4.78 is 28.7. The molecule has 3 aromatic rings. The van der Waals surface area contributed by atoms with Crippen LogP contribution in [0.4, 0.5) is 8.78 Å². The standard InChI is InChI=1S/C15H12ClF2N3/c1-15(17,18)13-5-3-4-11(20-13)10-8-21(2)12-7-19-14(16)6-9(10)12/h3-8H,1-2H3. The van der Waals surface area contributed by atoms with Crippen LogP contribution < -0.4 is 0 Å². The highest BCUT2D eigenvalue weighted by atomic mass is 35.5. The summed E-state index contributed by atoms with van der Waals surface area (Å²) in [5, 5.41) is 1.19. The van der Waals surface area contributed by atoms with Gasteiger partial charge >= 0.3 is 0 Å². The van der Waals surface area contributed by atoms with Gasteiger partial charge in [0.25, 0.3) is 5.92 Å². The van der Waals surface area contributed by atoms with Gasteiger partial charge in [-0.05, 0) is 18.2 Å². The highest BCUT2D eigenvalue weighted by molar-refractivity contribution is 6.30. The molecule has 0 aliphatic rings. The fourth-order valence-electron chi connectivity index (χ4n) is 2.29. The highest BCUT2D eigenvalue weighted by Gasteiger charge is 2.26. The number of hydrogen-bond acceptors (Lipinski definition) is 2. The Hall–Kier alpha value is -2.01. The minimum Gasteiger partial charge on any atom is -0.349 e. The van der Waals surface area contributed by atoms with Crippen molar-refractivity contribution in [2.24, 2.45) is 7.05 Å². The van der Waals surface area contributed by atoms with Gasteiger partial charge in [-0.1, -0.05) is 17.7 Å². The lowest BCUT2D eigenvalue weighted by molar-refractivity contribution is 0.0129. The number of fused-ring (bicyclic) bond motifs is 1. The van der Waals surface area contributed by atoms with Gasteiger partial charge in [0.2, 0.25) is 0 Å². The molecule has 108 valence electrons. The number of pyridine rings is 2. The van der Waals surface area contributed by atoms with Crippen LogP contribution in [0.5, 0.6) is 0 Å². The molecule has 0 saturated carbocycles. The van der Waals surface area contributed by atoms with Crippen molar-refractivity contribution < 1.29 is 8.78 Å². The van der Waals surface area contributed by atoms with E-state index in [1.165, 1.54) is 6.07 Å². The molecule has 0 saturated heterocycles. The number of halogens is 3. The zero-order valence-corrected chi connectivity index (χ0v) is 12.2. The van der Waals surface area contributed by atoms with E-state index in [1.54, 1.807) is 24.4 Å². The lowest BCUT2D eigenvalue weighted by Crippen LogP contribution is -2.09. The SMILES string of the molecule is Cn1cc(-c2cccc(C(C)(F)F)n2)c2cc(Cl)ncc21. The van der Waals surface area contributed by atoms with Crippen LogP contribution in [-0.2, 0) is 13.0 Å². The van der Waals surface area contributed by atoms with Crippen molar-refractivity contribution >= 4 is 22.5 Å². The zero-order valence-electron chi connectivity index (χ0n) is 11.4. The fourth-order valence-corrected chi connectivity index (χ4v) is 2.44. The van der Waals surface area contributed by atoms with Crippen LogP contribution in [-0.4, -0.2) is 14.5 Å². The van der Waals surface area contributed by atoms with Crippen LogP contribution in [0.3, 0.4) is 0 Å². The molecular weight excluding hydrogens is 296 g/mol. The van der Waals surface area contributed by atoms with Gasteiger partial charge in [-0.15, -0.1) is 0 Å². The predicted molar refractivity (Wildman–Crippen MR) is 78.5 cm³/mol. The second-order valence-corrected chi connectivity index (χ2v) is 5.36. The van der Waals surface area contributed by atoms with Crippen molar-refractivity contribution in [1.82, 2.24) is 14.5 Å². The summed E-state index contributed by atoms with van der Waals surface area (Å²) >= 11 is 5.93. The number of rotatable bonds is 2. The van der Waals surface area contributed by atoms with Gasteiger partial charge in [0.05, 0.1) is 17.4 Å². The second-order valence-electron chi connectivity index (χ2n) is 4.97. The molecular formula is C15H12ClF2N3.